The van der Waals surface area contributed by atoms with Gasteiger partial charge in [-0.05, 0) is 54.8 Å². The Balaban J connectivity index is 1.56. The summed E-state index contributed by atoms with van der Waals surface area (Å²) in [7, 11) is 0. The maximum absolute atomic E-state index is 13.1. The summed E-state index contributed by atoms with van der Waals surface area (Å²) in [5, 5.41) is 0. The molecule has 1 heterocycles. The average Bonchev–Trinajstić information content (AvgIpc) is 2.61. The minimum absolute atomic E-state index is 0.208. The Labute approximate surface area is 135 Å². The van der Waals surface area contributed by atoms with E-state index >= 15 is 0 Å². The Morgan fingerprint density at radius 3 is 2.52 bits per heavy atom. The van der Waals surface area contributed by atoms with Gasteiger partial charge in [0.1, 0.15) is 24.5 Å². The zero-order chi connectivity index (χ0) is 16.1. The Morgan fingerprint density at radius 2 is 1.87 bits per heavy atom. The lowest BCUT2D eigenvalue weighted by Gasteiger charge is -2.31. The summed E-state index contributed by atoms with van der Waals surface area (Å²) in [5.41, 5.74) is 1.96. The van der Waals surface area contributed by atoms with Gasteiger partial charge in [-0.15, -0.1) is 0 Å². The van der Waals surface area contributed by atoms with E-state index < -0.39 is 0 Å². The van der Waals surface area contributed by atoms with Gasteiger partial charge in [-0.3, -0.25) is 0 Å². The van der Waals surface area contributed by atoms with Crippen molar-refractivity contribution >= 4 is 12.0 Å². The molecule has 2 aromatic rings. The van der Waals surface area contributed by atoms with Gasteiger partial charge in [0, 0.05) is 24.7 Å². The van der Waals surface area contributed by atoms with Crippen LogP contribution in [0.15, 0.2) is 48.5 Å². The second-order valence-corrected chi connectivity index (χ2v) is 5.87. The van der Waals surface area contributed by atoms with Crippen molar-refractivity contribution in [1.82, 2.24) is 0 Å². The van der Waals surface area contributed by atoms with E-state index in [0.29, 0.717) is 6.61 Å². The van der Waals surface area contributed by atoms with Gasteiger partial charge in [-0.2, -0.15) is 0 Å². The van der Waals surface area contributed by atoms with E-state index in [0.717, 1.165) is 49.2 Å². The molecule has 1 aliphatic heterocycles. The van der Waals surface area contributed by atoms with Crippen molar-refractivity contribution in [2.24, 2.45) is 5.92 Å². The van der Waals surface area contributed by atoms with Crippen LogP contribution >= 0.6 is 0 Å². The molecule has 0 amide bonds. The SMILES string of the molecule is O=CC1CCN(c2ccc(OCc3cccc(F)c3)cc2)CC1. The number of hydrogen-bond acceptors (Lipinski definition) is 3. The molecule has 0 radical (unpaired) electrons. The van der Waals surface area contributed by atoms with Gasteiger partial charge in [-0.25, -0.2) is 4.39 Å². The van der Waals surface area contributed by atoms with Crippen LogP contribution in [-0.4, -0.2) is 19.4 Å². The Bertz CT molecular complexity index is 649. The van der Waals surface area contributed by atoms with E-state index in [-0.39, 0.29) is 11.7 Å². The Morgan fingerprint density at radius 1 is 1.13 bits per heavy atom. The van der Waals surface area contributed by atoms with Crippen molar-refractivity contribution in [2.75, 3.05) is 18.0 Å². The molecule has 23 heavy (non-hydrogen) atoms. The van der Waals surface area contributed by atoms with Gasteiger partial charge in [0.2, 0.25) is 0 Å². The highest BCUT2D eigenvalue weighted by Crippen LogP contribution is 2.24. The number of carbonyl (C=O) groups excluding carboxylic acids is 1. The summed E-state index contributed by atoms with van der Waals surface area (Å²) < 4.78 is 18.8. The molecule has 0 spiro atoms. The fraction of sp³-hybridized carbons (Fsp3) is 0.316. The van der Waals surface area contributed by atoms with E-state index in [1.165, 1.54) is 12.1 Å². The molecule has 0 aliphatic carbocycles. The third kappa shape index (κ3) is 4.09. The number of ether oxygens (including phenoxy) is 1. The smallest absolute Gasteiger partial charge is 0.123 e. The zero-order valence-corrected chi connectivity index (χ0v) is 13.0. The quantitative estimate of drug-likeness (QED) is 0.786. The maximum atomic E-state index is 13.1. The largest absolute Gasteiger partial charge is 0.489 e. The summed E-state index contributed by atoms with van der Waals surface area (Å²) in [5.74, 6) is 0.723. The number of nitrogens with zero attached hydrogens (tertiary/aromatic N) is 1. The van der Waals surface area contributed by atoms with Gasteiger partial charge in [-0.1, -0.05) is 12.1 Å². The Hall–Kier alpha value is -2.36. The van der Waals surface area contributed by atoms with Crippen LogP contribution < -0.4 is 9.64 Å². The van der Waals surface area contributed by atoms with E-state index in [9.17, 15) is 9.18 Å². The molecule has 0 atom stereocenters. The minimum atomic E-state index is -0.250. The van der Waals surface area contributed by atoms with Crippen molar-refractivity contribution < 1.29 is 13.9 Å². The fourth-order valence-electron chi connectivity index (χ4n) is 2.84. The van der Waals surface area contributed by atoms with Crippen LogP contribution in [0, 0.1) is 11.7 Å². The van der Waals surface area contributed by atoms with Gasteiger partial charge in [0.05, 0.1) is 0 Å². The number of anilines is 1. The molecule has 120 valence electrons. The zero-order valence-electron chi connectivity index (χ0n) is 13.0. The lowest BCUT2D eigenvalue weighted by molar-refractivity contribution is -0.111. The van der Waals surface area contributed by atoms with Crippen LogP contribution in [0.1, 0.15) is 18.4 Å². The Kier molecular flexibility index (Phi) is 4.91. The minimum Gasteiger partial charge on any atom is -0.489 e. The number of carbonyl (C=O) groups is 1. The molecule has 0 saturated carbocycles. The third-order valence-corrected chi connectivity index (χ3v) is 4.23. The molecular formula is C19H20FNO2. The first-order valence-corrected chi connectivity index (χ1v) is 7.92. The number of aldehydes is 1. The molecule has 4 heteroatoms. The average molecular weight is 313 g/mol. The second kappa shape index (κ2) is 7.27. The molecule has 2 aromatic carbocycles. The molecule has 0 bridgehead atoms. The molecule has 3 rings (SSSR count). The number of piperidine rings is 1. The van der Waals surface area contributed by atoms with E-state index in [1.807, 2.05) is 30.3 Å². The van der Waals surface area contributed by atoms with Crippen molar-refractivity contribution in [3.05, 3.63) is 59.9 Å². The summed E-state index contributed by atoms with van der Waals surface area (Å²) in [6.07, 6.45) is 2.91. The molecule has 0 aromatic heterocycles. The molecule has 1 aliphatic rings. The maximum Gasteiger partial charge on any atom is 0.123 e. The van der Waals surface area contributed by atoms with Crippen molar-refractivity contribution in [2.45, 2.75) is 19.4 Å². The van der Waals surface area contributed by atoms with Gasteiger partial charge in [0.15, 0.2) is 0 Å². The molecule has 3 nitrogen and oxygen atoms in total. The second-order valence-electron chi connectivity index (χ2n) is 5.87. The number of halogens is 1. The van der Waals surface area contributed by atoms with Crippen LogP contribution in [-0.2, 0) is 11.4 Å². The summed E-state index contributed by atoms with van der Waals surface area (Å²) in [6.45, 7) is 2.17. The van der Waals surface area contributed by atoms with Crippen LogP contribution in [0.5, 0.6) is 5.75 Å². The molecule has 0 N–H and O–H groups in total. The molecule has 1 fully saturated rings. The van der Waals surface area contributed by atoms with Crippen LogP contribution in [0.2, 0.25) is 0 Å². The van der Waals surface area contributed by atoms with Gasteiger partial charge >= 0.3 is 0 Å². The topological polar surface area (TPSA) is 29.5 Å². The fourth-order valence-corrected chi connectivity index (χ4v) is 2.84. The van der Waals surface area contributed by atoms with Gasteiger partial charge < -0.3 is 14.4 Å². The highest BCUT2D eigenvalue weighted by atomic mass is 19.1. The van der Waals surface area contributed by atoms with Crippen LogP contribution in [0.4, 0.5) is 10.1 Å². The number of hydrogen-bond donors (Lipinski definition) is 0. The van der Waals surface area contributed by atoms with Gasteiger partial charge in [0.25, 0.3) is 0 Å². The van der Waals surface area contributed by atoms with E-state index in [4.69, 9.17) is 4.74 Å². The van der Waals surface area contributed by atoms with Crippen LogP contribution in [0.25, 0.3) is 0 Å². The summed E-state index contributed by atoms with van der Waals surface area (Å²) >= 11 is 0. The standard InChI is InChI=1S/C19H20FNO2/c20-17-3-1-2-16(12-17)14-23-19-6-4-18(5-7-19)21-10-8-15(13-22)9-11-21/h1-7,12-13,15H,8-11,14H2. The number of rotatable bonds is 5. The predicted octanol–water partition coefficient (Wildman–Crippen LogP) is 3.82. The van der Waals surface area contributed by atoms with Crippen molar-refractivity contribution in [3.63, 3.8) is 0 Å². The van der Waals surface area contributed by atoms with E-state index in [1.54, 1.807) is 6.07 Å². The lowest BCUT2D eigenvalue weighted by atomic mass is 9.98. The normalized spacial score (nSPS) is 15.4. The highest BCUT2D eigenvalue weighted by Gasteiger charge is 2.18. The molecular weight excluding hydrogens is 293 g/mol. The first kappa shape index (κ1) is 15.5. The van der Waals surface area contributed by atoms with Crippen molar-refractivity contribution in [3.8, 4) is 5.75 Å². The summed E-state index contributed by atoms with van der Waals surface area (Å²) in [6, 6.07) is 14.3. The highest BCUT2D eigenvalue weighted by molar-refractivity contribution is 5.55. The van der Waals surface area contributed by atoms with E-state index in [2.05, 4.69) is 4.90 Å². The summed E-state index contributed by atoms with van der Waals surface area (Å²) in [4.78, 5) is 13.1. The molecule has 1 saturated heterocycles. The third-order valence-electron chi connectivity index (χ3n) is 4.23. The first-order valence-electron chi connectivity index (χ1n) is 7.92. The number of benzene rings is 2. The predicted molar refractivity (Wildman–Crippen MR) is 88.2 cm³/mol. The van der Waals surface area contributed by atoms with Crippen LogP contribution in [0.3, 0.4) is 0 Å². The van der Waals surface area contributed by atoms with Crippen molar-refractivity contribution in [1.29, 1.82) is 0 Å². The first-order chi connectivity index (χ1) is 11.2. The monoisotopic (exact) mass is 313 g/mol. The molecule has 0 unspecified atom stereocenters. The lowest BCUT2D eigenvalue weighted by Crippen LogP contribution is -2.33.